The van der Waals surface area contributed by atoms with E-state index in [1.807, 2.05) is 46.4 Å². The van der Waals surface area contributed by atoms with Crippen LogP contribution in [0.15, 0.2) is 30.3 Å². The van der Waals surface area contributed by atoms with E-state index in [1.54, 1.807) is 18.2 Å². The molecule has 1 aliphatic rings. The number of benzene rings is 1. The zero-order valence-electron chi connectivity index (χ0n) is 24.8. The molecule has 3 rings (SSSR count). The molecule has 2 heterocycles. The maximum Gasteiger partial charge on any atom is 0.387 e. The van der Waals surface area contributed by atoms with Crippen molar-refractivity contribution in [2.24, 2.45) is 10.8 Å². The van der Waals surface area contributed by atoms with Crippen LogP contribution in [0.3, 0.4) is 0 Å². The van der Waals surface area contributed by atoms with Gasteiger partial charge in [0, 0.05) is 37.9 Å². The van der Waals surface area contributed by atoms with Crippen molar-refractivity contribution < 1.29 is 32.6 Å². The molecule has 0 unspecified atom stereocenters. The van der Waals surface area contributed by atoms with Crippen LogP contribution in [-0.2, 0) is 14.3 Å². The molecule has 1 saturated heterocycles. The number of thiophene rings is 1. The molecule has 9 nitrogen and oxygen atoms in total. The minimum Gasteiger partial charge on any atom is -0.433 e. The van der Waals surface area contributed by atoms with E-state index in [2.05, 4.69) is 10.6 Å². The molecule has 0 saturated carbocycles. The molecule has 1 fully saturated rings. The van der Waals surface area contributed by atoms with Gasteiger partial charge in [0.1, 0.15) is 12.6 Å². The largest absolute Gasteiger partial charge is 0.433 e. The van der Waals surface area contributed by atoms with Gasteiger partial charge in [-0.2, -0.15) is 8.78 Å². The third kappa shape index (κ3) is 10.2. The molecule has 1 aliphatic heterocycles. The van der Waals surface area contributed by atoms with Crippen LogP contribution in [-0.4, -0.2) is 74.7 Å². The fourth-order valence-corrected chi connectivity index (χ4v) is 5.54. The van der Waals surface area contributed by atoms with Crippen molar-refractivity contribution in [3.8, 4) is 5.75 Å². The zero-order valence-corrected chi connectivity index (χ0v) is 26.3. The highest BCUT2D eigenvalue weighted by Crippen LogP contribution is 2.33. The number of hydrogen-bond acceptors (Lipinski definition) is 7. The Kier molecular flexibility index (Phi) is 11.3. The number of nitrogens with one attached hydrogen (secondary N) is 2. The molecule has 1 aromatic heterocycles. The lowest BCUT2D eigenvalue weighted by atomic mass is 9.90. The van der Waals surface area contributed by atoms with E-state index < -0.39 is 18.6 Å². The summed E-state index contributed by atoms with van der Waals surface area (Å²) in [4.78, 5) is 42.9. The molecule has 232 valence electrons. The van der Waals surface area contributed by atoms with Crippen LogP contribution in [0.4, 0.5) is 20.2 Å². The van der Waals surface area contributed by atoms with E-state index >= 15 is 0 Å². The second-order valence-corrected chi connectivity index (χ2v) is 14.2. The van der Waals surface area contributed by atoms with Gasteiger partial charge in [0.2, 0.25) is 5.91 Å². The molecular formula is C29H39ClF2N4O5S. The van der Waals surface area contributed by atoms with Gasteiger partial charge in [-0.1, -0.05) is 53.1 Å². The second-order valence-electron chi connectivity index (χ2n) is 12.5. The molecule has 1 atom stereocenters. The average molecular weight is 629 g/mol. The molecule has 13 heteroatoms. The summed E-state index contributed by atoms with van der Waals surface area (Å²) in [6, 6.07) is 6.64. The summed E-state index contributed by atoms with van der Waals surface area (Å²) in [5.41, 5.74) is -0.0495. The summed E-state index contributed by atoms with van der Waals surface area (Å²) in [5.74, 6) is -1.49. The van der Waals surface area contributed by atoms with Gasteiger partial charge in [0.25, 0.3) is 11.8 Å². The van der Waals surface area contributed by atoms with Gasteiger partial charge in [0.05, 0.1) is 21.5 Å². The van der Waals surface area contributed by atoms with Crippen molar-refractivity contribution in [1.29, 1.82) is 0 Å². The van der Waals surface area contributed by atoms with Gasteiger partial charge in [-0.25, -0.2) is 0 Å². The lowest BCUT2D eigenvalue weighted by molar-refractivity contribution is -0.125. The van der Waals surface area contributed by atoms with Crippen molar-refractivity contribution in [2.45, 2.75) is 54.2 Å². The van der Waals surface area contributed by atoms with Crippen LogP contribution < -0.4 is 20.3 Å². The van der Waals surface area contributed by atoms with Crippen LogP contribution in [0, 0.1) is 10.8 Å². The van der Waals surface area contributed by atoms with Gasteiger partial charge >= 0.3 is 6.61 Å². The standard InChI is InChI=1S/C29H39ClF2N4O5S/c1-28(2,3)16-35(17-29(4,5)6)20(14-33-26(39)22-9-10-23(30)42-22)25(38)34-19-8-7-18(13-21(19)41-27(31)32)36-11-12-40-15-24(36)37/h7-10,13,20,27H,11-12,14-17H2,1-6H3,(H,33,39)(H,34,38)/t20-/m0/s1. The number of alkyl halides is 2. The number of morpholine rings is 1. The Morgan fingerprint density at radius 1 is 1.12 bits per heavy atom. The van der Waals surface area contributed by atoms with Crippen LogP contribution in [0.5, 0.6) is 5.75 Å². The molecular weight excluding hydrogens is 590 g/mol. The maximum atomic E-state index is 13.9. The summed E-state index contributed by atoms with van der Waals surface area (Å²) in [5, 5.41) is 5.58. The van der Waals surface area contributed by atoms with E-state index in [4.69, 9.17) is 21.1 Å². The van der Waals surface area contributed by atoms with Crippen molar-refractivity contribution >= 4 is 52.0 Å². The van der Waals surface area contributed by atoms with Crippen LogP contribution in [0.2, 0.25) is 4.34 Å². The molecule has 0 aliphatic carbocycles. The Labute approximate surface area is 254 Å². The van der Waals surface area contributed by atoms with Gasteiger partial charge in [-0.05, 0) is 35.1 Å². The van der Waals surface area contributed by atoms with Gasteiger partial charge in [-0.15, -0.1) is 11.3 Å². The zero-order chi connectivity index (χ0) is 31.2. The smallest absolute Gasteiger partial charge is 0.387 e. The lowest BCUT2D eigenvalue weighted by Gasteiger charge is -2.39. The monoisotopic (exact) mass is 628 g/mol. The van der Waals surface area contributed by atoms with E-state index in [-0.39, 0.29) is 53.8 Å². The summed E-state index contributed by atoms with van der Waals surface area (Å²) in [6.07, 6.45) is 0. The van der Waals surface area contributed by atoms with Crippen LogP contribution >= 0.6 is 22.9 Å². The predicted octanol–water partition coefficient (Wildman–Crippen LogP) is 5.50. The summed E-state index contributed by atoms with van der Waals surface area (Å²) in [7, 11) is 0. The summed E-state index contributed by atoms with van der Waals surface area (Å²) in [6.45, 7) is 10.5. The average Bonchev–Trinajstić information content (AvgIpc) is 3.29. The normalized spacial score (nSPS) is 15.2. The Balaban J connectivity index is 1.93. The molecule has 2 aromatic rings. The highest BCUT2D eigenvalue weighted by atomic mass is 35.5. The van der Waals surface area contributed by atoms with E-state index in [0.29, 0.717) is 34.6 Å². The van der Waals surface area contributed by atoms with E-state index in [0.717, 1.165) is 11.3 Å². The van der Waals surface area contributed by atoms with Crippen molar-refractivity contribution in [3.63, 3.8) is 0 Å². The number of halogens is 3. The van der Waals surface area contributed by atoms with Gasteiger partial charge in [0.15, 0.2) is 5.75 Å². The fraction of sp³-hybridized carbons (Fsp3) is 0.552. The number of rotatable bonds is 11. The van der Waals surface area contributed by atoms with Crippen LogP contribution in [0.25, 0.3) is 0 Å². The molecule has 3 amide bonds. The molecule has 1 aromatic carbocycles. The second kappa shape index (κ2) is 14.1. The topological polar surface area (TPSA) is 100 Å². The van der Waals surface area contributed by atoms with Gasteiger partial charge in [-0.3, -0.25) is 19.3 Å². The van der Waals surface area contributed by atoms with Crippen molar-refractivity contribution in [3.05, 3.63) is 39.5 Å². The minimum atomic E-state index is -3.16. The van der Waals surface area contributed by atoms with Crippen LogP contribution in [0.1, 0.15) is 51.2 Å². The Morgan fingerprint density at radius 3 is 2.33 bits per heavy atom. The predicted molar refractivity (Wildman–Crippen MR) is 161 cm³/mol. The number of carbonyl (C=O) groups excluding carboxylic acids is 3. The first-order valence-electron chi connectivity index (χ1n) is 13.6. The van der Waals surface area contributed by atoms with Gasteiger partial charge < -0.3 is 25.0 Å². The first-order valence-corrected chi connectivity index (χ1v) is 14.8. The summed E-state index contributed by atoms with van der Waals surface area (Å²) >= 11 is 7.12. The summed E-state index contributed by atoms with van der Waals surface area (Å²) < 4.78 is 37.2. The third-order valence-electron chi connectivity index (χ3n) is 6.09. The SMILES string of the molecule is CC(C)(C)CN(CC(C)(C)C)[C@@H](CNC(=O)c1ccc(Cl)s1)C(=O)Nc1ccc(N2CCOCC2=O)cc1OC(F)F. The Bertz CT molecular complexity index is 1250. The number of hydrogen-bond donors (Lipinski definition) is 2. The Morgan fingerprint density at radius 2 is 1.79 bits per heavy atom. The first-order chi connectivity index (χ1) is 19.5. The fourth-order valence-electron chi connectivity index (χ4n) is 4.58. The highest BCUT2D eigenvalue weighted by molar-refractivity contribution is 7.18. The molecule has 42 heavy (non-hydrogen) atoms. The minimum absolute atomic E-state index is 0.0117. The van der Waals surface area contributed by atoms with E-state index in [9.17, 15) is 23.2 Å². The first kappa shape index (κ1) is 33.7. The number of carbonyl (C=O) groups is 3. The maximum absolute atomic E-state index is 13.9. The molecule has 0 radical (unpaired) electrons. The lowest BCUT2D eigenvalue weighted by Crippen LogP contribution is -2.54. The molecule has 0 bridgehead atoms. The highest BCUT2D eigenvalue weighted by Gasteiger charge is 2.33. The quantitative estimate of drug-likeness (QED) is 0.341. The molecule has 2 N–H and O–H groups in total. The Hall–Kier alpha value is -2.80. The van der Waals surface area contributed by atoms with E-state index in [1.165, 1.54) is 17.0 Å². The van der Waals surface area contributed by atoms with Crippen molar-refractivity contribution in [2.75, 3.05) is 49.6 Å². The third-order valence-corrected chi connectivity index (χ3v) is 7.32. The number of amides is 3. The number of nitrogens with zero attached hydrogens (tertiary/aromatic N) is 2. The van der Waals surface area contributed by atoms with Crippen molar-refractivity contribution in [1.82, 2.24) is 10.2 Å². The number of ether oxygens (including phenoxy) is 2. The molecule has 0 spiro atoms. The number of anilines is 2.